The maximum absolute atomic E-state index is 13.7. The van der Waals surface area contributed by atoms with Gasteiger partial charge in [-0.15, -0.1) is 0 Å². The van der Waals surface area contributed by atoms with E-state index in [2.05, 4.69) is 40.2 Å². The van der Waals surface area contributed by atoms with Crippen LogP contribution in [0.3, 0.4) is 0 Å². The number of nitrogens with one attached hydrogen (secondary N) is 3. The number of carbonyl (C=O) groups excluding carboxylic acids is 3. The van der Waals surface area contributed by atoms with Gasteiger partial charge in [0.2, 0.25) is 5.91 Å². The van der Waals surface area contributed by atoms with Crippen molar-refractivity contribution in [3.8, 4) is 11.1 Å². The molecule has 1 heterocycles. The highest BCUT2D eigenvalue weighted by Gasteiger charge is 2.43. The van der Waals surface area contributed by atoms with Crippen LogP contribution < -0.4 is 16.0 Å². The summed E-state index contributed by atoms with van der Waals surface area (Å²) in [5, 5.41) is 9.27. The maximum Gasteiger partial charge on any atom is 0.407 e. The van der Waals surface area contributed by atoms with Crippen LogP contribution in [0.15, 0.2) is 78.9 Å². The van der Waals surface area contributed by atoms with E-state index < -0.39 is 35.3 Å². The Morgan fingerprint density at radius 1 is 0.891 bits per heavy atom. The third-order valence-electron chi connectivity index (χ3n) is 8.37. The van der Waals surface area contributed by atoms with Gasteiger partial charge >= 0.3 is 12.1 Å². The van der Waals surface area contributed by atoms with Crippen LogP contribution in [-0.4, -0.2) is 67.6 Å². The lowest BCUT2D eigenvalue weighted by molar-refractivity contribution is -0.159. The van der Waals surface area contributed by atoms with Crippen LogP contribution in [0.5, 0.6) is 0 Å². The first kappa shape index (κ1) is 33.2. The molecule has 1 fully saturated rings. The van der Waals surface area contributed by atoms with Crippen molar-refractivity contribution in [1.82, 2.24) is 16.0 Å². The van der Waals surface area contributed by atoms with E-state index in [1.54, 1.807) is 20.8 Å². The third kappa shape index (κ3) is 7.95. The second kappa shape index (κ2) is 14.1. The van der Waals surface area contributed by atoms with E-state index in [1.807, 2.05) is 68.4 Å². The standard InChI is InChI=1S/C37H45N3O6/c1-24(2)32(33(41)39-31(34(42)46-36(3,4)5)19-25-13-7-6-8-14-25)40-37(22-44-23-37)21-38-35(43)45-20-30-28-17-11-9-15-26(28)27-16-10-12-18-29(27)30/h6-18,24,30-32,40H,19-23H2,1-5H3,(H,38,43)(H,39,41)/t31-,32-/m0/s1. The van der Waals surface area contributed by atoms with Gasteiger partial charge in [-0.05, 0) is 54.5 Å². The highest BCUT2D eigenvalue weighted by molar-refractivity contribution is 5.88. The molecule has 0 unspecified atom stereocenters. The van der Waals surface area contributed by atoms with Crippen molar-refractivity contribution >= 4 is 18.0 Å². The minimum absolute atomic E-state index is 0.0416. The second-order valence-electron chi connectivity index (χ2n) is 13.6. The Balaban J connectivity index is 1.20. The number of esters is 1. The predicted molar refractivity (Wildman–Crippen MR) is 176 cm³/mol. The van der Waals surface area contributed by atoms with Gasteiger partial charge in [0.25, 0.3) is 0 Å². The van der Waals surface area contributed by atoms with E-state index in [1.165, 1.54) is 0 Å². The Morgan fingerprint density at radius 2 is 1.48 bits per heavy atom. The summed E-state index contributed by atoms with van der Waals surface area (Å²) in [6.07, 6.45) is -0.238. The average molecular weight is 628 g/mol. The molecule has 1 aliphatic carbocycles. The van der Waals surface area contributed by atoms with Crippen molar-refractivity contribution in [2.24, 2.45) is 5.92 Å². The zero-order valence-electron chi connectivity index (χ0n) is 27.3. The lowest BCUT2D eigenvalue weighted by Gasteiger charge is -2.45. The summed E-state index contributed by atoms with van der Waals surface area (Å²) in [6, 6.07) is 24.4. The monoisotopic (exact) mass is 627 g/mol. The molecule has 9 nitrogen and oxygen atoms in total. The van der Waals surface area contributed by atoms with Crippen LogP contribution in [0.4, 0.5) is 4.79 Å². The summed E-state index contributed by atoms with van der Waals surface area (Å²) in [5.41, 5.74) is 4.15. The maximum atomic E-state index is 13.7. The van der Waals surface area contributed by atoms with Gasteiger partial charge in [0.05, 0.1) is 24.8 Å². The highest BCUT2D eigenvalue weighted by Crippen LogP contribution is 2.44. The number of amides is 2. The van der Waals surface area contributed by atoms with Crippen LogP contribution in [0.2, 0.25) is 0 Å². The Bertz CT molecular complexity index is 1480. The van der Waals surface area contributed by atoms with E-state index in [4.69, 9.17) is 14.2 Å². The molecular weight excluding hydrogens is 582 g/mol. The van der Waals surface area contributed by atoms with Crippen LogP contribution in [0.25, 0.3) is 11.1 Å². The molecular formula is C37H45N3O6. The molecule has 46 heavy (non-hydrogen) atoms. The minimum atomic E-state index is -0.871. The molecule has 3 aromatic rings. The van der Waals surface area contributed by atoms with Crippen molar-refractivity contribution in [3.63, 3.8) is 0 Å². The van der Waals surface area contributed by atoms with Gasteiger partial charge in [0.1, 0.15) is 18.2 Å². The molecule has 1 saturated heterocycles. The molecule has 3 N–H and O–H groups in total. The number of rotatable bonds is 12. The Hall–Kier alpha value is -4.21. The van der Waals surface area contributed by atoms with Gasteiger partial charge in [0.15, 0.2) is 0 Å². The van der Waals surface area contributed by atoms with Crippen LogP contribution in [0.1, 0.15) is 57.2 Å². The molecule has 0 bridgehead atoms. The Labute approximate surface area is 271 Å². The topological polar surface area (TPSA) is 115 Å². The van der Waals surface area contributed by atoms with Gasteiger partial charge in [-0.3, -0.25) is 10.1 Å². The number of benzene rings is 3. The first-order valence-electron chi connectivity index (χ1n) is 16.0. The number of alkyl carbamates (subject to hydrolysis) is 1. The summed E-state index contributed by atoms with van der Waals surface area (Å²) < 4.78 is 16.9. The predicted octanol–water partition coefficient (Wildman–Crippen LogP) is 4.98. The van der Waals surface area contributed by atoms with E-state index in [0.717, 1.165) is 27.8 Å². The first-order valence-corrected chi connectivity index (χ1v) is 16.0. The molecule has 0 spiro atoms. The molecule has 0 aromatic heterocycles. The highest BCUT2D eigenvalue weighted by atomic mass is 16.6. The van der Waals surface area contributed by atoms with Crippen LogP contribution in [0, 0.1) is 5.92 Å². The van der Waals surface area contributed by atoms with Gasteiger partial charge in [0, 0.05) is 18.9 Å². The van der Waals surface area contributed by atoms with Crippen molar-refractivity contribution in [2.75, 3.05) is 26.4 Å². The number of carbonyl (C=O) groups is 3. The smallest absolute Gasteiger partial charge is 0.407 e. The molecule has 2 aliphatic rings. The van der Waals surface area contributed by atoms with E-state index >= 15 is 0 Å². The fraction of sp³-hybridized carbons (Fsp3) is 0.432. The molecule has 244 valence electrons. The molecule has 9 heteroatoms. The van der Waals surface area contributed by atoms with Crippen molar-refractivity contribution < 1.29 is 28.6 Å². The zero-order chi connectivity index (χ0) is 32.9. The number of hydrogen-bond acceptors (Lipinski definition) is 7. The molecule has 5 rings (SSSR count). The van der Waals surface area contributed by atoms with Gasteiger partial charge in [-0.2, -0.15) is 0 Å². The number of ether oxygens (including phenoxy) is 3. The summed E-state index contributed by atoms with van der Waals surface area (Å²) >= 11 is 0. The van der Waals surface area contributed by atoms with Crippen molar-refractivity contribution in [3.05, 3.63) is 95.6 Å². The Kier molecular flexibility index (Phi) is 10.1. The van der Waals surface area contributed by atoms with E-state index in [0.29, 0.717) is 19.6 Å². The van der Waals surface area contributed by atoms with Crippen LogP contribution >= 0.6 is 0 Å². The third-order valence-corrected chi connectivity index (χ3v) is 8.37. The quantitative estimate of drug-likeness (QED) is 0.243. The zero-order valence-corrected chi connectivity index (χ0v) is 27.3. The SMILES string of the molecule is CC(C)[C@H](NC1(CNC(=O)OCC2c3ccccc3-c3ccccc32)COC1)C(=O)N[C@@H](Cc1ccccc1)C(=O)OC(C)(C)C. The second-order valence-corrected chi connectivity index (χ2v) is 13.6. The van der Waals surface area contributed by atoms with Gasteiger partial charge in [-0.1, -0.05) is 92.7 Å². The molecule has 2 atom stereocenters. The molecule has 3 aromatic carbocycles. The molecule has 0 radical (unpaired) electrons. The first-order chi connectivity index (χ1) is 21.9. The number of fused-ring (bicyclic) bond motifs is 3. The summed E-state index contributed by atoms with van der Waals surface area (Å²) in [6.45, 7) is 10.3. The van der Waals surface area contributed by atoms with E-state index in [9.17, 15) is 14.4 Å². The Morgan fingerprint density at radius 3 is 2.02 bits per heavy atom. The number of hydrogen-bond donors (Lipinski definition) is 3. The lowest BCUT2D eigenvalue weighted by Crippen LogP contribution is -2.71. The van der Waals surface area contributed by atoms with Gasteiger partial charge < -0.3 is 24.8 Å². The largest absolute Gasteiger partial charge is 0.458 e. The van der Waals surface area contributed by atoms with Crippen LogP contribution in [-0.2, 0) is 30.2 Å². The lowest BCUT2D eigenvalue weighted by atomic mass is 9.92. The molecule has 1 aliphatic heterocycles. The minimum Gasteiger partial charge on any atom is -0.458 e. The fourth-order valence-electron chi connectivity index (χ4n) is 6.02. The van der Waals surface area contributed by atoms with Gasteiger partial charge in [-0.25, -0.2) is 9.59 Å². The normalized spacial score (nSPS) is 16.4. The van der Waals surface area contributed by atoms with Crippen molar-refractivity contribution in [2.45, 2.75) is 70.2 Å². The summed E-state index contributed by atoms with van der Waals surface area (Å²) in [5.74, 6) is -0.983. The van der Waals surface area contributed by atoms with E-state index in [-0.39, 0.29) is 30.9 Å². The summed E-state index contributed by atoms with van der Waals surface area (Å²) in [4.78, 5) is 39.8. The van der Waals surface area contributed by atoms with Crippen molar-refractivity contribution in [1.29, 1.82) is 0 Å². The molecule has 2 amide bonds. The summed E-state index contributed by atoms with van der Waals surface area (Å²) in [7, 11) is 0. The fourth-order valence-corrected chi connectivity index (χ4v) is 6.02. The molecule has 0 saturated carbocycles. The average Bonchev–Trinajstić information content (AvgIpc) is 3.32.